The zero-order chi connectivity index (χ0) is 42.4. The first kappa shape index (κ1) is 42.7. The lowest BCUT2D eigenvalue weighted by atomic mass is 9.72. The van der Waals surface area contributed by atoms with Crippen LogP contribution in [0.1, 0.15) is 67.3 Å². The first-order valence-electron chi connectivity index (χ1n) is 22.0. The van der Waals surface area contributed by atoms with E-state index in [2.05, 4.69) is 100.0 Å². The predicted octanol–water partition coefficient (Wildman–Crippen LogP) is 7.87. The SMILES string of the molecule is COc1ccc(F)c(CN2CCCN(CC(Cc3ccccc3OC)(C3=COCO3)c3cccc4c3nc(CN3CCCNCC3)n4Cc3ccc(C(C)(C)C)cc3)CC2)c1. The quantitative estimate of drug-likeness (QED) is 0.120. The molecule has 4 heterocycles. The molecule has 2 saturated heterocycles. The second kappa shape index (κ2) is 19.0. The van der Waals surface area contributed by atoms with Gasteiger partial charge in [0.05, 0.1) is 37.2 Å². The summed E-state index contributed by atoms with van der Waals surface area (Å²) in [7, 11) is 3.36. The van der Waals surface area contributed by atoms with E-state index in [4.69, 9.17) is 23.9 Å². The Kier molecular flexibility index (Phi) is 13.3. The molecule has 3 aliphatic heterocycles. The van der Waals surface area contributed by atoms with Gasteiger partial charge in [-0.25, -0.2) is 9.37 Å². The van der Waals surface area contributed by atoms with Crippen LogP contribution in [0, 0.1) is 5.82 Å². The number of rotatable bonds is 14. The van der Waals surface area contributed by atoms with Crippen LogP contribution in [0.25, 0.3) is 11.0 Å². The number of halogens is 1. The van der Waals surface area contributed by atoms with Gasteiger partial charge in [0.2, 0.25) is 6.79 Å². The zero-order valence-corrected chi connectivity index (χ0v) is 36.7. The lowest BCUT2D eigenvalue weighted by molar-refractivity contribution is 0.0598. The Balaban J connectivity index is 1.22. The Morgan fingerprint density at radius 1 is 0.754 bits per heavy atom. The average Bonchev–Trinajstić information content (AvgIpc) is 3.77. The third-order valence-electron chi connectivity index (χ3n) is 12.8. The summed E-state index contributed by atoms with van der Waals surface area (Å²) < 4.78 is 41.4. The molecule has 0 radical (unpaired) electrons. The summed E-state index contributed by atoms with van der Waals surface area (Å²) in [5.74, 6) is 3.15. The largest absolute Gasteiger partial charge is 0.497 e. The molecule has 3 aliphatic rings. The first-order valence-corrected chi connectivity index (χ1v) is 22.0. The smallest absolute Gasteiger partial charge is 0.229 e. The minimum absolute atomic E-state index is 0.0756. The summed E-state index contributed by atoms with van der Waals surface area (Å²) in [6.07, 6.45) is 4.47. The molecular formula is C50H63FN6O4. The van der Waals surface area contributed by atoms with Crippen LogP contribution in [0.15, 0.2) is 97.0 Å². The van der Waals surface area contributed by atoms with Gasteiger partial charge in [-0.05, 0) is 103 Å². The molecule has 0 saturated carbocycles. The zero-order valence-electron chi connectivity index (χ0n) is 36.7. The number of benzene rings is 4. The van der Waals surface area contributed by atoms with Crippen molar-refractivity contribution in [3.05, 3.63) is 136 Å². The number of nitrogens with zero attached hydrogens (tertiary/aromatic N) is 5. The molecule has 0 bridgehead atoms. The van der Waals surface area contributed by atoms with Crippen molar-refractivity contribution in [3.63, 3.8) is 0 Å². The van der Waals surface area contributed by atoms with Crippen LogP contribution in [0.2, 0.25) is 0 Å². The van der Waals surface area contributed by atoms with Gasteiger partial charge in [0, 0.05) is 51.4 Å². The Morgan fingerprint density at radius 2 is 1.54 bits per heavy atom. The van der Waals surface area contributed by atoms with Gasteiger partial charge in [0.15, 0.2) is 0 Å². The molecule has 5 aromatic rings. The van der Waals surface area contributed by atoms with Gasteiger partial charge in [-0.1, -0.05) is 75.4 Å². The van der Waals surface area contributed by atoms with E-state index >= 15 is 4.39 Å². The van der Waals surface area contributed by atoms with Crippen molar-refractivity contribution in [1.82, 2.24) is 29.6 Å². The van der Waals surface area contributed by atoms with Gasteiger partial charge in [-0.2, -0.15) is 0 Å². The lowest BCUT2D eigenvalue weighted by Crippen LogP contribution is -2.46. The van der Waals surface area contributed by atoms with Crippen molar-refractivity contribution in [2.45, 2.75) is 70.5 Å². The molecule has 0 aliphatic carbocycles. The van der Waals surface area contributed by atoms with E-state index in [1.54, 1.807) is 20.3 Å². The Morgan fingerprint density at radius 3 is 2.33 bits per heavy atom. The van der Waals surface area contributed by atoms with Crippen LogP contribution < -0.4 is 14.8 Å². The fourth-order valence-corrected chi connectivity index (χ4v) is 9.39. The highest BCUT2D eigenvalue weighted by atomic mass is 19.1. The summed E-state index contributed by atoms with van der Waals surface area (Å²) in [6.45, 7) is 16.9. The highest BCUT2D eigenvalue weighted by molar-refractivity contribution is 5.82. The van der Waals surface area contributed by atoms with E-state index in [-0.39, 0.29) is 18.0 Å². The van der Waals surface area contributed by atoms with Crippen molar-refractivity contribution in [1.29, 1.82) is 0 Å². The maximum absolute atomic E-state index is 15.0. The molecule has 11 heteroatoms. The van der Waals surface area contributed by atoms with Gasteiger partial charge < -0.3 is 33.7 Å². The number of nitrogens with one attached hydrogen (secondary N) is 1. The molecule has 324 valence electrons. The number of aromatic nitrogens is 2. The number of imidazole rings is 1. The highest BCUT2D eigenvalue weighted by Gasteiger charge is 2.45. The normalized spacial score (nSPS) is 18.2. The molecule has 1 unspecified atom stereocenters. The van der Waals surface area contributed by atoms with Crippen molar-refractivity contribution in [2.24, 2.45) is 0 Å². The van der Waals surface area contributed by atoms with E-state index in [0.717, 1.165) is 111 Å². The lowest BCUT2D eigenvalue weighted by Gasteiger charge is -2.39. The molecule has 8 rings (SSSR count). The molecular weight excluding hydrogens is 768 g/mol. The minimum Gasteiger partial charge on any atom is -0.497 e. The van der Waals surface area contributed by atoms with Crippen LogP contribution in [0.3, 0.4) is 0 Å². The third kappa shape index (κ3) is 9.75. The summed E-state index contributed by atoms with van der Waals surface area (Å²) >= 11 is 0. The van der Waals surface area contributed by atoms with Crippen molar-refractivity contribution >= 4 is 11.0 Å². The molecule has 10 nitrogen and oxygen atoms in total. The number of methoxy groups -OCH3 is 2. The van der Waals surface area contributed by atoms with Crippen molar-refractivity contribution in [3.8, 4) is 11.5 Å². The summed E-state index contributed by atoms with van der Waals surface area (Å²) in [5, 5.41) is 3.58. The van der Waals surface area contributed by atoms with Crippen molar-refractivity contribution < 1.29 is 23.3 Å². The molecule has 61 heavy (non-hydrogen) atoms. The summed E-state index contributed by atoms with van der Waals surface area (Å²) in [5.41, 5.74) is 6.87. The van der Waals surface area contributed by atoms with Crippen LogP contribution >= 0.6 is 0 Å². The third-order valence-corrected chi connectivity index (χ3v) is 12.8. The number of ether oxygens (including phenoxy) is 4. The van der Waals surface area contributed by atoms with Crippen LogP contribution in [-0.2, 0) is 46.4 Å². The predicted molar refractivity (Wildman–Crippen MR) is 240 cm³/mol. The Bertz CT molecular complexity index is 2280. The van der Waals surface area contributed by atoms with Crippen LogP contribution in [0.5, 0.6) is 11.5 Å². The topological polar surface area (TPSA) is 76.5 Å². The standard InChI is InChI=1S/C50H63FN6O4/c1-49(2,3)40-17-15-37(16-18-40)31-57-44-13-8-12-42(48(44)53-47(57)33-54-23-9-21-52-22-26-54)50(46-34-60-36-61-46,30-38-11-6-7-14-45(38)59-5)35-56-25-10-24-55(27-28-56)32-39-29-41(58-4)19-20-43(39)51/h6-8,11-20,29,34,52H,9-10,21-28,30-33,35-36H2,1-5H3. The van der Waals surface area contributed by atoms with Crippen LogP contribution in [-0.4, -0.2) is 104 Å². The maximum Gasteiger partial charge on any atom is 0.229 e. The van der Waals surface area contributed by atoms with Crippen molar-refractivity contribution in [2.75, 3.05) is 79.9 Å². The highest BCUT2D eigenvalue weighted by Crippen LogP contribution is 2.44. The number of fused-ring (bicyclic) bond motifs is 1. The number of hydrogen-bond donors (Lipinski definition) is 1. The van der Waals surface area contributed by atoms with E-state index < -0.39 is 5.41 Å². The van der Waals surface area contributed by atoms with Gasteiger partial charge in [0.25, 0.3) is 0 Å². The van der Waals surface area contributed by atoms with E-state index in [1.807, 2.05) is 24.5 Å². The molecule has 1 N–H and O–H groups in total. The molecule has 0 spiro atoms. The van der Waals surface area contributed by atoms with E-state index in [0.29, 0.717) is 37.4 Å². The average molecular weight is 831 g/mol. The number of para-hydroxylation sites is 2. The van der Waals surface area contributed by atoms with Gasteiger partial charge in [-0.15, -0.1) is 0 Å². The number of hydrogen-bond acceptors (Lipinski definition) is 9. The van der Waals surface area contributed by atoms with E-state index in [9.17, 15) is 0 Å². The molecule has 1 atom stereocenters. The fraction of sp³-hybridized carbons (Fsp3) is 0.460. The fourth-order valence-electron chi connectivity index (χ4n) is 9.39. The molecule has 1 aromatic heterocycles. The molecule has 2 fully saturated rings. The van der Waals surface area contributed by atoms with Gasteiger partial charge in [0.1, 0.15) is 35.2 Å². The monoisotopic (exact) mass is 830 g/mol. The van der Waals surface area contributed by atoms with Crippen LogP contribution in [0.4, 0.5) is 4.39 Å². The Hall–Kier alpha value is -4.94. The van der Waals surface area contributed by atoms with Gasteiger partial charge in [-0.3, -0.25) is 9.80 Å². The molecule has 0 amide bonds. The summed E-state index contributed by atoms with van der Waals surface area (Å²) in [4.78, 5) is 13.1. The second-order valence-electron chi connectivity index (χ2n) is 18.0. The first-order chi connectivity index (χ1) is 29.6. The maximum atomic E-state index is 15.0. The summed E-state index contributed by atoms with van der Waals surface area (Å²) in [6, 6.07) is 29.1. The minimum atomic E-state index is -0.698. The second-order valence-corrected chi connectivity index (χ2v) is 18.0. The Labute approximate surface area is 361 Å². The van der Waals surface area contributed by atoms with E-state index in [1.165, 1.54) is 17.2 Å². The van der Waals surface area contributed by atoms with Gasteiger partial charge >= 0.3 is 0 Å². The molecule has 4 aromatic carbocycles.